The lowest BCUT2D eigenvalue weighted by atomic mass is 10.2. The number of rotatable bonds is 8. The SMILES string of the molecule is CCOc1ccc(NCC(=O)NN=Cc2ccc(SC)cc2)cc1. The van der Waals surface area contributed by atoms with E-state index in [1.807, 2.05) is 61.7 Å². The molecule has 0 aromatic heterocycles. The second kappa shape index (κ2) is 9.62. The highest BCUT2D eigenvalue weighted by Crippen LogP contribution is 2.15. The zero-order chi connectivity index (χ0) is 17.2. The van der Waals surface area contributed by atoms with Crippen LogP contribution in [0.4, 0.5) is 5.69 Å². The molecule has 0 unspecified atom stereocenters. The standard InChI is InChI=1S/C18H21N3O2S/c1-3-23-16-8-6-15(7-9-16)19-13-18(22)21-20-12-14-4-10-17(24-2)11-5-14/h4-12,19H,3,13H2,1-2H3,(H,21,22). The summed E-state index contributed by atoms with van der Waals surface area (Å²) in [5.74, 6) is 0.602. The van der Waals surface area contributed by atoms with Gasteiger partial charge in [0.1, 0.15) is 5.75 Å². The minimum atomic E-state index is -0.208. The van der Waals surface area contributed by atoms with Gasteiger partial charge in [0.2, 0.25) is 0 Å². The van der Waals surface area contributed by atoms with E-state index in [-0.39, 0.29) is 12.5 Å². The minimum Gasteiger partial charge on any atom is -0.494 e. The van der Waals surface area contributed by atoms with Gasteiger partial charge in [-0.2, -0.15) is 5.10 Å². The predicted octanol–water partition coefficient (Wildman–Crippen LogP) is 3.37. The Hall–Kier alpha value is -2.47. The van der Waals surface area contributed by atoms with Crippen LogP contribution in [-0.2, 0) is 4.79 Å². The van der Waals surface area contributed by atoms with Crippen LogP contribution in [0.2, 0.25) is 0 Å². The molecule has 5 nitrogen and oxygen atoms in total. The number of hydrogen-bond donors (Lipinski definition) is 2. The van der Waals surface area contributed by atoms with Crippen molar-refractivity contribution in [2.75, 3.05) is 24.7 Å². The van der Waals surface area contributed by atoms with Gasteiger partial charge >= 0.3 is 0 Å². The van der Waals surface area contributed by atoms with E-state index in [9.17, 15) is 4.79 Å². The van der Waals surface area contributed by atoms with Crippen LogP contribution in [0.5, 0.6) is 5.75 Å². The highest BCUT2D eigenvalue weighted by molar-refractivity contribution is 7.98. The summed E-state index contributed by atoms with van der Waals surface area (Å²) in [6, 6.07) is 15.4. The summed E-state index contributed by atoms with van der Waals surface area (Å²) in [4.78, 5) is 13.0. The van der Waals surface area contributed by atoms with Crippen LogP contribution in [0.3, 0.4) is 0 Å². The Morgan fingerprint density at radius 3 is 2.50 bits per heavy atom. The number of carbonyl (C=O) groups excluding carboxylic acids is 1. The van der Waals surface area contributed by atoms with Gasteiger partial charge in [0.25, 0.3) is 5.91 Å². The zero-order valence-electron chi connectivity index (χ0n) is 13.8. The molecule has 2 aromatic carbocycles. The number of hydrogen-bond acceptors (Lipinski definition) is 5. The summed E-state index contributed by atoms with van der Waals surface area (Å²) in [5, 5.41) is 6.99. The van der Waals surface area contributed by atoms with Gasteiger partial charge in [0.15, 0.2) is 0 Å². The average Bonchev–Trinajstić information content (AvgIpc) is 2.62. The largest absolute Gasteiger partial charge is 0.494 e. The lowest BCUT2D eigenvalue weighted by molar-refractivity contribution is -0.119. The van der Waals surface area contributed by atoms with E-state index in [4.69, 9.17) is 4.74 Å². The van der Waals surface area contributed by atoms with Gasteiger partial charge in [-0.05, 0) is 55.1 Å². The van der Waals surface area contributed by atoms with Crippen molar-refractivity contribution < 1.29 is 9.53 Å². The molecule has 24 heavy (non-hydrogen) atoms. The van der Waals surface area contributed by atoms with E-state index in [0.29, 0.717) is 6.61 Å². The van der Waals surface area contributed by atoms with Crippen molar-refractivity contribution >= 4 is 29.6 Å². The number of nitrogens with zero attached hydrogens (tertiary/aromatic N) is 1. The maximum Gasteiger partial charge on any atom is 0.259 e. The first-order chi connectivity index (χ1) is 11.7. The van der Waals surface area contributed by atoms with E-state index in [2.05, 4.69) is 15.8 Å². The number of ether oxygens (including phenoxy) is 1. The summed E-state index contributed by atoms with van der Waals surface area (Å²) in [6.07, 6.45) is 3.65. The lowest BCUT2D eigenvalue weighted by Crippen LogP contribution is -2.25. The predicted molar refractivity (Wildman–Crippen MR) is 100 cm³/mol. The fourth-order valence-corrected chi connectivity index (χ4v) is 2.33. The van der Waals surface area contributed by atoms with Gasteiger partial charge in [-0.3, -0.25) is 4.79 Å². The smallest absolute Gasteiger partial charge is 0.259 e. The summed E-state index contributed by atoms with van der Waals surface area (Å²) in [7, 11) is 0. The molecule has 6 heteroatoms. The monoisotopic (exact) mass is 343 g/mol. The molecule has 0 saturated carbocycles. The van der Waals surface area contributed by atoms with Gasteiger partial charge in [-0.1, -0.05) is 12.1 Å². The second-order valence-corrected chi connectivity index (χ2v) is 5.76. The van der Waals surface area contributed by atoms with Crippen LogP contribution in [-0.4, -0.2) is 31.5 Å². The third kappa shape index (κ3) is 5.96. The van der Waals surface area contributed by atoms with Gasteiger partial charge in [-0.25, -0.2) is 5.43 Å². The number of thioether (sulfide) groups is 1. The Bertz CT molecular complexity index is 670. The third-order valence-electron chi connectivity index (χ3n) is 3.14. The van der Waals surface area contributed by atoms with Crippen molar-refractivity contribution in [2.45, 2.75) is 11.8 Å². The van der Waals surface area contributed by atoms with Gasteiger partial charge in [-0.15, -0.1) is 11.8 Å². The molecule has 0 saturated heterocycles. The molecule has 2 rings (SSSR count). The molecule has 0 aliphatic carbocycles. The molecule has 1 amide bonds. The minimum absolute atomic E-state index is 0.150. The van der Waals surface area contributed by atoms with Crippen LogP contribution in [0.15, 0.2) is 58.5 Å². The number of anilines is 1. The van der Waals surface area contributed by atoms with E-state index in [1.54, 1.807) is 18.0 Å². The molecule has 126 valence electrons. The quantitative estimate of drug-likeness (QED) is 0.438. The van der Waals surface area contributed by atoms with Crippen LogP contribution in [0, 0.1) is 0 Å². The molecule has 0 radical (unpaired) electrons. The van der Waals surface area contributed by atoms with Gasteiger partial charge in [0, 0.05) is 10.6 Å². The lowest BCUT2D eigenvalue weighted by Gasteiger charge is -2.07. The molecule has 2 aromatic rings. The maximum absolute atomic E-state index is 11.8. The van der Waals surface area contributed by atoms with Crippen molar-refractivity contribution in [1.82, 2.24) is 5.43 Å². The second-order valence-electron chi connectivity index (χ2n) is 4.88. The first kappa shape index (κ1) is 17.9. The molecule has 0 fully saturated rings. The topological polar surface area (TPSA) is 62.7 Å². The van der Waals surface area contributed by atoms with Crippen molar-refractivity contribution in [3.05, 3.63) is 54.1 Å². The van der Waals surface area contributed by atoms with E-state index < -0.39 is 0 Å². The fourth-order valence-electron chi connectivity index (χ4n) is 1.93. The molecule has 0 aliphatic rings. The molecular formula is C18H21N3O2S. The van der Waals surface area contributed by atoms with Gasteiger partial charge < -0.3 is 10.1 Å². The van der Waals surface area contributed by atoms with Crippen LogP contribution in [0.25, 0.3) is 0 Å². The number of benzene rings is 2. The Morgan fingerprint density at radius 2 is 1.88 bits per heavy atom. The Kier molecular flexibility index (Phi) is 7.17. The normalized spacial score (nSPS) is 10.6. The summed E-state index contributed by atoms with van der Waals surface area (Å²) in [6.45, 7) is 2.72. The van der Waals surface area contributed by atoms with E-state index in [1.165, 1.54) is 4.90 Å². The van der Waals surface area contributed by atoms with Gasteiger partial charge in [0.05, 0.1) is 19.4 Å². The Morgan fingerprint density at radius 1 is 1.17 bits per heavy atom. The highest BCUT2D eigenvalue weighted by atomic mass is 32.2. The zero-order valence-corrected chi connectivity index (χ0v) is 14.6. The molecule has 0 atom stereocenters. The molecule has 2 N–H and O–H groups in total. The molecule has 0 heterocycles. The van der Waals surface area contributed by atoms with Crippen LogP contribution in [0.1, 0.15) is 12.5 Å². The first-order valence-electron chi connectivity index (χ1n) is 7.64. The van der Waals surface area contributed by atoms with Crippen molar-refractivity contribution in [3.8, 4) is 5.75 Å². The van der Waals surface area contributed by atoms with Crippen molar-refractivity contribution in [2.24, 2.45) is 5.10 Å². The van der Waals surface area contributed by atoms with Crippen LogP contribution < -0.4 is 15.5 Å². The third-order valence-corrected chi connectivity index (χ3v) is 3.88. The maximum atomic E-state index is 11.8. The molecule has 0 spiro atoms. The van der Waals surface area contributed by atoms with Crippen LogP contribution >= 0.6 is 11.8 Å². The van der Waals surface area contributed by atoms with E-state index in [0.717, 1.165) is 17.0 Å². The summed E-state index contributed by atoms with van der Waals surface area (Å²) in [5.41, 5.74) is 4.29. The Labute approximate surface area is 146 Å². The summed E-state index contributed by atoms with van der Waals surface area (Å²) < 4.78 is 5.37. The number of amides is 1. The summed E-state index contributed by atoms with van der Waals surface area (Å²) >= 11 is 1.68. The highest BCUT2D eigenvalue weighted by Gasteiger charge is 2.00. The number of nitrogens with one attached hydrogen (secondary N) is 2. The van der Waals surface area contributed by atoms with E-state index >= 15 is 0 Å². The number of carbonyl (C=O) groups is 1. The number of hydrazone groups is 1. The average molecular weight is 343 g/mol. The molecule has 0 aliphatic heterocycles. The molecular weight excluding hydrogens is 322 g/mol. The first-order valence-corrected chi connectivity index (χ1v) is 8.86. The molecule has 0 bridgehead atoms. The van der Waals surface area contributed by atoms with Crippen molar-refractivity contribution in [1.29, 1.82) is 0 Å². The fraction of sp³-hybridized carbons (Fsp3) is 0.222. The van der Waals surface area contributed by atoms with Crippen molar-refractivity contribution in [3.63, 3.8) is 0 Å². The Balaban J connectivity index is 1.75.